The van der Waals surface area contributed by atoms with E-state index in [2.05, 4.69) is 14.9 Å². The number of hydrogen-bond acceptors (Lipinski definition) is 4. The van der Waals surface area contributed by atoms with E-state index >= 15 is 0 Å². The highest BCUT2D eigenvalue weighted by molar-refractivity contribution is 7.90. The number of rotatable bonds is 6. The van der Waals surface area contributed by atoms with Crippen molar-refractivity contribution in [2.24, 2.45) is 0 Å². The molecule has 1 heterocycles. The number of nitrogens with zero attached hydrogens (tertiary/aromatic N) is 1. The van der Waals surface area contributed by atoms with Crippen LogP contribution in [0.25, 0.3) is 0 Å². The standard InChI is InChI=1S/C13H27N3O2S/c17-19(18,13-5-2-1-3-6-13)15-7-4-10-16-11-8-14-9-12-16/h13-15H,1-12H2. The zero-order valence-electron chi connectivity index (χ0n) is 11.7. The van der Waals surface area contributed by atoms with Crippen LogP contribution >= 0.6 is 0 Å². The summed E-state index contributed by atoms with van der Waals surface area (Å²) in [5, 5.41) is 3.18. The highest BCUT2D eigenvalue weighted by atomic mass is 32.2. The van der Waals surface area contributed by atoms with Gasteiger partial charge >= 0.3 is 0 Å². The lowest BCUT2D eigenvalue weighted by molar-refractivity contribution is 0.239. The summed E-state index contributed by atoms with van der Waals surface area (Å²) in [6.07, 6.45) is 5.90. The molecule has 2 N–H and O–H groups in total. The molecule has 1 aliphatic heterocycles. The lowest BCUT2D eigenvalue weighted by Gasteiger charge is -2.27. The predicted octanol–water partition coefficient (Wildman–Crippen LogP) is 0.534. The van der Waals surface area contributed by atoms with Gasteiger partial charge in [-0.2, -0.15) is 0 Å². The quantitative estimate of drug-likeness (QED) is 0.701. The van der Waals surface area contributed by atoms with Crippen LogP contribution in [0, 0.1) is 0 Å². The second-order valence-corrected chi connectivity index (χ2v) is 7.69. The van der Waals surface area contributed by atoms with Gasteiger partial charge in [-0.05, 0) is 25.8 Å². The van der Waals surface area contributed by atoms with Crippen LogP contribution in [0.4, 0.5) is 0 Å². The molecule has 0 bridgehead atoms. The lowest BCUT2D eigenvalue weighted by Crippen LogP contribution is -2.44. The smallest absolute Gasteiger partial charge is 0.214 e. The summed E-state index contributed by atoms with van der Waals surface area (Å²) in [4.78, 5) is 2.39. The SMILES string of the molecule is O=S(=O)(NCCCN1CCNCC1)C1CCCCC1. The van der Waals surface area contributed by atoms with Crippen molar-refractivity contribution in [2.45, 2.75) is 43.8 Å². The van der Waals surface area contributed by atoms with E-state index in [9.17, 15) is 8.42 Å². The zero-order valence-corrected chi connectivity index (χ0v) is 12.6. The van der Waals surface area contributed by atoms with Crippen LogP contribution in [0.5, 0.6) is 0 Å². The fraction of sp³-hybridized carbons (Fsp3) is 1.00. The van der Waals surface area contributed by atoms with Gasteiger partial charge in [-0.1, -0.05) is 19.3 Å². The Morgan fingerprint density at radius 3 is 2.47 bits per heavy atom. The summed E-state index contributed by atoms with van der Waals surface area (Å²) in [6, 6.07) is 0. The minimum atomic E-state index is -3.07. The Morgan fingerprint density at radius 2 is 1.79 bits per heavy atom. The molecule has 5 nitrogen and oxygen atoms in total. The molecule has 2 aliphatic rings. The molecule has 2 fully saturated rings. The summed E-state index contributed by atoms with van der Waals surface area (Å²) < 4.78 is 27.0. The van der Waals surface area contributed by atoms with Gasteiger partial charge in [0.1, 0.15) is 0 Å². The first-order valence-electron chi connectivity index (χ1n) is 7.60. The van der Waals surface area contributed by atoms with Crippen LogP contribution in [-0.4, -0.2) is 57.8 Å². The molecular formula is C13H27N3O2S. The Balaban J connectivity index is 1.63. The number of piperazine rings is 1. The first-order chi connectivity index (χ1) is 9.18. The maximum absolute atomic E-state index is 12.1. The first-order valence-corrected chi connectivity index (χ1v) is 9.15. The van der Waals surface area contributed by atoms with Crippen LogP contribution in [0.3, 0.4) is 0 Å². The molecule has 0 atom stereocenters. The van der Waals surface area contributed by atoms with Crippen molar-refractivity contribution < 1.29 is 8.42 Å². The lowest BCUT2D eigenvalue weighted by atomic mass is 10.0. The van der Waals surface area contributed by atoms with Gasteiger partial charge in [0.15, 0.2) is 0 Å². The van der Waals surface area contributed by atoms with Crippen molar-refractivity contribution in [1.82, 2.24) is 14.9 Å². The molecule has 0 radical (unpaired) electrons. The average Bonchev–Trinajstić information content (AvgIpc) is 2.46. The minimum absolute atomic E-state index is 0.138. The van der Waals surface area contributed by atoms with E-state index in [4.69, 9.17) is 0 Å². The van der Waals surface area contributed by atoms with Crippen LogP contribution in [0.1, 0.15) is 38.5 Å². The van der Waals surface area contributed by atoms with Gasteiger partial charge in [0, 0.05) is 32.7 Å². The normalized spacial score (nSPS) is 23.6. The minimum Gasteiger partial charge on any atom is -0.314 e. The third-order valence-electron chi connectivity index (χ3n) is 4.16. The molecule has 1 saturated heterocycles. The highest BCUT2D eigenvalue weighted by Crippen LogP contribution is 2.22. The van der Waals surface area contributed by atoms with Gasteiger partial charge in [0.25, 0.3) is 0 Å². The van der Waals surface area contributed by atoms with E-state index in [1.807, 2.05) is 0 Å². The molecule has 0 aromatic carbocycles. The maximum Gasteiger partial charge on any atom is 0.214 e. The topological polar surface area (TPSA) is 61.4 Å². The molecule has 0 unspecified atom stereocenters. The number of hydrogen-bond donors (Lipinski definition) is 2. The summed E-state index contributed by atoms with van der Waals surface area (Å²) in [6.45, 7) is 5.84. The second-order valence-electron chi connectivity index (χ2n) is 5.64. The molecule has 19 heavy (non-hydrogen) atoms. The van der Waals surface area contributed by atoms with E-state index in [0.29, 0.717) is 6.54 Å². The number of sulfonamides is 1. The van der Waals surface area contributed by atoms with Gasteiger partial charge in [0.05, 0.1) is 5.25 Å². The Bertz CT molecular complexity index is 347. The van der Waals surface area contributed by atoms with E-state index in [1.165, 1.54) is 6.42 Å². The summed E-state index contributed by atoms with van der Waals surface area (Å²) in [5.41, 5.74) is 0. The van der Waals surface area contributed by atoms with Crippen LogP contribution < -0.4 is 10.0 Å². The molecule has 0 aromatic heterocycles. The average molecular weight is 289 g/mol. The van der Waals surface area contributed by atoms with Crippen molar-refractivity contribution in [2.75, 3.05) is 39.3 Å². The molecule has 0 spiro atoms. The van der Waals surface area contributed by atoms with Gasteiger partial charge in [-0.25, -0.2) is 13.1 Å². The van der Waals surface area contributed by atoms with Crippen LogP contribution in [0.2, 0.25) is 0 Å². The van der Waals surface area contributed by atoms with E-state index in [1.54, 1.807) is 0 Å². The van der Waals surface area contributed by atoms with Crippen LogP contribution in [0.15, 0.2) is 0 Å². The maximum atomic E-state index is 12.1. The Hall–Kier alpha value is -0.170. The first kappa shape index (κ1) is 15.2. The van der Waals surface area contributed by atoms with Crippen LogP contribution in [-0.2, 0) is 10.0 Å². The Kier molecular flexibility index (Phi) is 6.06. The molecule has 0 amide bonds. The van der Waals surface area contributed by atoms with Gasteiger partial charge in [-0.15, -0.1) is 0 Å². The molecule has 0 aromatic rings. The van der Waals surface area contributed by atoms with Gasteiger partial charge in [-0.3, -0.25) is 0 Å². The zero-order chi connectivity index (χ0) is 13.6. The largest absolute Gasteiger partial charge is 0.314 e. The van der Waals surface area contributed by atoms with Crippen molar-refractivity contribution >= 4 is 10.0 Å². The summed E-state index contributed by atoms with van der Waals surface area (Å²) >= 11 is 0. The summed E-state index contributed by atoms with van der Waals surface area (Å²) in [7, 11) is -3.07. The van der Waals surface area contributed by atoms with E-state index in [0.717, 1.165) is 64.8 Å². The highest BCUT2D eigenvalue weighted by Gasteiger charge is 2.26. The molecule has 2 rings (SSSR count). The molecule has 1 aliphatic carbocycles. The van der Waals surface area contributed by atoms with Crippen molar-refractivity contribution in [3.05, 3.63) is 0 Å². The second kappa shape index (κ2) is 7.57. The van der Waals surface area contributed by atoms with Gasteiger partial charge < -0.3 is 10.2 Å². The van der Waals surface area contributed by atoms with Crippen molar-refractivity contribution in [3.8, 4) is 0 Å². The Morgan fingerprint density at radius 1 is 1.11 bits per heavy atom. The third-order valence-corrected chi connectivity index (χ3v) is 6.11. The fourth-order valence-corrected chi connectivity index (χ4v) is 4.56. The fourth-order valence-electron chi connectivity index (χ4n) is 2.95. The van der Waals surface area contributed by atoms with Crippen molar-refractivity contribution in [3.63, 3.8) is 0 Å². The van der Waals surface area contributed by atoms with Gasteiger partial charge in [0.2, 0.25) is 10.0 Å². The predicted molar refractivity (Wildman–Crippen MR) is 77.7 cm³/mol. The number of nitrogens with one attached hydrogen (secondary N) is 2. The molecular weight excluding hydrogens is 262 g/mol. The van der Waals surface area contributed by atoms with E-state index < -0.39 is 10.0 Å². The van der Waals surface area contributed by atoms with E-state index in [-0.39, 0.29) is 5.25 Å². The molecule has 112 valence electrons. The third kappa shape index (κ3) is 5.02. The summed E-state index contributed by atoms with van der Waals surface area (Å²) in [5.74, 6) is 0. The molecule has 6 heteroatoms. The molecule has 1 saturated carbocycles. The monoisotopic (exact) mass is 289 g/mol. The Labute approximate surface area is 117 Å². The van der Waals surface area contributed by atoms with Crippen molar-refractivity contribution in [1.29, 1.82) is 0 Å².